The van der Waals surface area contributed by atoms with E-state index < -0.39 is 10.0 Å². The average molecular weight is 294 g/mol. The number of anilines is 1. The lowest BCUT2D eigenvalue weighted by molar-refractivity contribution is 0.578. The van der Waals surface area contributed by atoms with Crippen LogP contribution in [0.25, 0.3) is 0 Å². The van der Waals surface area contributed by atoms with E-state index in [9.17, 15) is 8.42 Å². The Labute approximate surface area is 121 Å². The van der Waals surface area contributed by atoms with E-state index in [1.807, 2.05) is 26.8 Å². The molecule has 0 amide bonds. The minimum atomic E-state index is -3.31. The van der Waals surface area contributed by atoms with E-state index in [4.69, 9.17) is 5.73 Å². The van der Waals surface area contributed by atoms with Crippen molar-refractivity contribution in [1.82, 2.24) is 0 Å². The predicted molar refractivity (Wildman–Crippen MR) is 84.0 cm³/mol. The first kappa shape index (κ1) is 16.5. The maximum absolute atomic E-state index is 12.0. The second-order valence-electron chi connectivity index (χ2n) is 5.20. The minimum absolute atomic E-state index is 0.127. The first-order valence-electron chi connectivity index (χ1n) is 6.63. The van der Waals surface area contributed by atoms with E-state index in [1.54, 1.807) is 12.1 Å². The molecule has 0 heterocycles. The molecule has 0 spiro atoms. The molecule has 0 aliphatic carbocycles. The SMILES string of the molecule is Cc1cc(C#CCN)cc(NS(=O)(=O)CCC(C)C)c1. The normalized spacial score (nSPS) is 11.1. The second kappa shape index (κ2) is 7.32. The van der Waals surface area contributed by atoms with Gasteiger partial charge in [-0.2, -0.15) is 0 Å². The third kappa shape index (κ3) is 6.09. The van der Waals surface area contributed by atoms with Gasteiger partial charge in [-0.3, -0.25) is 4.72 Å². The van der Waals surface area contributed by atoms with E-state index in [0.29, 0.717) is 18.0 Å². The summed E-state index contributed by atoms with van der Waals surface area (Å²) in [6, 6.07) is 5.41. The molecule has 20 heavy (non-hydrogen) atoms. The van der Waals surface area contributed by atoms with Crippen LogP contribution in [0.5, 0.6) is 0 Å². The van der Waals surface area contributed by atoms with Crippen LogP contribution in [0.3, 0.4) is 0 Å². The van der Waals surface area contributed by atoms with Gasteiger partial charge in [-0.15, -0.1) is 0 Å². The van der Waals surface area contributed by atoms with Gasteiger partial charge in [0, 0.05) is 11.3 Å². The van der Waals surface area contributed by atoms with Crippen LogP contribution in [-0.4, -0.2) is 20.7 Å². The zero-order valence-electron chi connectivity index (χ0n) is 12.2. The minimum Gasteiger partial charge on any atom is -0.320 e. The molecule has 110 valence electrons. The third-order valence-corrected chi connectivity index (χ3v) is 3.97. The lowest BCUT2D eigenvalue weighted by atomic mass is 10.1. The van der Waals surface area contributed by atoms with Crippen LogP contribution in [0.4, 0.5) is 5.69 Å². The topological polar surface area (TPSA) is 72.2 Å². The molecular formula is C15H22N2O2S. The van der Waals surface area contributed by atoms with Crippen LogP contribution >= 0.6 is 0 Å². The first-order chi connectivity index (χ1) is 9.32. The van der Waals surface area contributed by atoms with Gasteiger partial charge in [0.2, 0.25) is 10.0 Å². The summed E-state index contributed by atoms with van der Waals surface area (Å²) in [6.07, 6.45) is 0.640. The summed E-state index contributed by atoms with van der Waals surface area (Å²) >= 11 is 0. The molecule has 0 saturated carbocycles. The fraction of sp³-hybridized carbons (Fsp3) is 0.467. The molecule has 0 aromatic heterocycles. The Hall–Kier alpha value is -1.51. The van der Waals surface area contributed by atoms with Crippen molar-refractivity contribution < 1.29 is 8.42 Å². The van der Waals surface area contributed by atoms with E-state index >= 15 is 0 Å². The van der Waals surface area contributed by atoms with Crippen LogP contribution in [0, 0.1) is 24.7 Å². The van der Waals surface area contributed by atoms with Crippen LogP contribution < -0.4 is 10.5 Å². The molecule has 0 fully saturated rings. The molecule has 4 nitrogen and oxygen atoms in total. The lowest BCUT2D eigenvalue weighted by Gasteiger charge is -2.10. The number of sulfonamides is 1. The van der Waals surface area contributed by atoms with Crippen molar-refractivity contribution in [2.75, 3.05) is 17.0 Å². The van der Waals surface area contributed by atoms with Crippen molar-refractivity contribution in [3.63, 3.8) is 0 Å². The smallest absolute Gasteiger partial charge is 0.232 e. The summed E-state index contributed by atoms with van der Waals surface area (Å²) in [5.41, 5.74) is 7.60. The van der Waals surface area contributed by atoms with Crippen molar-refractivity contribution in [3.8, 4) is 11.8 Å². The lowest BCUT2D eigenvalue weighted by Crippen LogP contribution is -2.18. The monoisotopic (exact) mass is 294 g/mol. The summed E-state index contributed by atoms with van der Waals surface area (Å²) in [7, 11) is -3.31. The zero-order chi connectivity index (χ0) is 15.2. The molecule has 0 bridgehead atoms. The quantitative estimate of drug-likeness (QED) is 0.817. The molecule has 1 aromatic rings. The molecule has 0 radical (unpaired) electrons. The predicted octanol–water partition coefficient (Wildman–Crippen LogP) is 2.09. The van der Waals surface area contributed by atoms with E-state index in [-0.39, 0.29) is 12.3 Å². The fourth-order valence-electron chi connectivity index (χ4n) is 1.69. The standard InChI is InChI=1S/C15H22N2O2S/c1-12(2)6-8-20(18,19)17-15-10-13(3)9-14(11-15)5-4-7-16/h9-12,17H,6-8,16H2,1-3H3. The molecule has 1 rings (SSSR count). The highest BCUT2D eigenvalue weighted by Crippen LogP contribution is 2.16. The molecule has 3 N–H and O–H groups in total. The Morgan fingerprint density at radius 2 is 2.00 bits per heavy atom. The molecule has 0 aliphatic rings. The molecule has 1 aromatic carbocycles. The number of hydrogen-bond acceptors (Lipinski definition) is 3. The van der Waals surface area contributed by atoms with Gasteiger partial charge in [-0.05, 0) is 43.0 Å². The van der Waals surface area contributed by atoms with Crippen LogP contribution in [0.1, 0.15) is 31.4 Å². The molecule has 0 atom stereocenters. The number of nitrogens with one attached hydrogen (secondary N) is 1. The van der Waals surface area contributed by atoms with Crippen molar-refractivity contribution in [2.24, 2.45) is 11.7 Å². The maximum atomic E-state index is 12.0. The van der Waals surface area contributed by atoms with Crippen molar-refractivity contribution >= 4 is 15.7 Å². The highest BCUT2D eigenvalue weighted by Gasteiger charge is 2.11. The molecule has 0 saturated heterocycles. The Morgan fingerprint density at radius 3 is 2.60 bits per heavy atom. The van der Waals surface area contributed by atoms with Crippen LogP contribution in [0.2, 0.25) is 0 Å². The summed E-state index contributed by atoms with van der Waals surface area (Å²) in [5, 5.41) is 0. The highest BCUT2D eigenvalue weighted by atomic mass is 32.2. The summed E-state index contributed by atoms with van der Waals surface area (Å²) in [6.45, 7) is 6.19. The summed E-state index contributed by atoms with van der Waals surface area (Å²) < 4.78 is 26.6. The highest BCUT2D eigenvalue weighted by molar-refractivity contribution is 7.92. The Morgan fingerprint density at radius 1 is 1.30 bits per heavy atom. The van der Waals surface area contributed by atoms with Crippen LogP contribution in [0.15, 0.2) is 18.2 Å². The van der Waals surface area contributed by atoms with Gasteiger partial charge in [0.15, 0.2) is 0 Å². The van der Waals surface area contributed by atoms with Gasteiger partial charge in [-0.25, -0.2) is 8.42 Å². The number of aryl methyl sites for hydroxylation is 1. The Balaban J connectivity index is 2.89. The second-order valence-corrected chi connectivity index (χ2v) is 7.04. The van der Waals surface area contributed by atoms with E-state index in [0.717, 1.165) is 11.1 Å². The van der Waals surface area contributed by atoms with Crippen molar-refractivity contribution in [2.45, 2.75) is 27.2 Å². The number of hydrogen-bond donors (Lipinski definition) is 2. The molecule has 5 heteroatoms. The van der Waals surface area contributed by atoms with Gasteiger partial charge in [-0.1, -0.05) is 25.7 Å². The average Bonchev–Trinajstić information content (AvgIpc) is 2.33. The number of benzene rings is 1. The molecule has 0 unspecified atom stereocenters. The van der Waals surface area contributed by atoms with Crippen LogP contribution in [-0.2, 0) is 10.0 Å². The van der Waals surface area contributed by atoms with Gasteiger partial charge in [0.25, 0.3) is 0 Å². The first-order valence-corrected chi connectivity index (χ1v) is 8.29. The fourth-order valence-corrected chi connectivity index (χ4v) is 3.05. The Kier molecular flexibility index (Phi) is 6.05. The van der Waals surface area contributed by atoms with Gasteiger partial charge in [0.05, 0.1) is 12.3 Å². The largest absolute Gasteiger partial charge is 0.320 e. The zero-order valence-corrected chi connectivity index (χ0v) is 13.0. The third-order valence-electron chi connectivity index (χ3n) is 2.65. The summed E-state index contributed by atoms with van der Waals surface area (Å²) in [4.78, 5) is 0. The number of nitrogens with two attached hydrogens (primary N) is 1. The Bertz CT molecular complexity index is 610. The van der Waals surface area contributed by atoms with Gasteiger partial charge in [0.1, 0.15) is 0 Å². The van der Waals surface area contributed by atoms with Gasteiger partial charge < -0.3 is 5.73 Å². The van der Waals surface area contributed by atoms with Crippen molar-refractivity contribution in [3.05, 3.63) is 29.3 Å². The molecular weight excluding hydrogens is 272 g/mol. The van der Waals surface area contributed by atoms with E-state index in [2.05, 4.69) is 16.6 Å². The summed E-state index contributed by atoms with van der Waals surface area (Å²) in [5.74, 6) is 6.16. The van der Waals surface area contributed by atoms with Gasteiger partial charge >= 0.3 is 0 Å². The van der Waals surface area contributed by atoms with E-state index in [1.165, 1.54) is 0 Å². The van der Waals surface area contributed by atoms with Crippen molar-refractivity contribution in [1.29, 1.82) is 0 Å². The number of rotatable bonds is 5. The maximum Gasteiger partial charge on any atom is 0.232 e. The molecule has 0 aliphatic heterocycles.